The van der Waals surface area contributed by atoms with Crippen LogP contribution < -0.4 is 21.9 Å². The number of nitrogens with one attached hydrogen (secondary N) is 1. The molecular formula is C24H31N5O3. The van der Waals surface area contributed by atoms with Crippen molar-refractivity contribution < 1.29 is 4.79 Å². The van der Waals surface area contributed by atoms with E-state index in [-0.39, 0.29) is 23.3 Å². The summed E-state index contributed by atoms with van der Waals surface area (Å²) in [5, 5.41) is 0.715. The van der Waals surface area contributed by atoms with Crippen molar-refractivity contribution in [2.45, 2.75) is 54.0 Å². The number of carbonyl (C=O) groups excluding carboxylic acids is 1. The van der Waals surface area contributed by atoms with Crippen molar-refractivity contribution in [2.24, 2.45) is 5.92 Å². The minimum absolute atomic E-state index is 0.00293. The Balaban J connectivity index is 2.24. The zero-order valence-corrected chi connectivity index (χ0v) is 19.4. The van der Waals surface area contributed by atoms with Crippen LogP contribution in [0.5, 0.6) is 0 Å². The number of nitrogen functional groups attached to an aromatic ring is 1. The summed E-state index contributed by atoms with van der Waals surface area (Å²) in [7, 11) is 0. The van der Waals surface area contributed by atoms with Gasteiger partial charge in [0.25, 0.3) is 11.5 Å². The second-order valence-corrected chi connectivity index (χ2v) is 8.64. The average Bonchev–Trinajstić information content (AvgIpc) is 2.72. The van der Waals surface area contributed by atoms with Crippen LogP contribution in [-0.2, 0) is 6.54 Å². The molecule has 0 aliphatic rings. The van der Waals surface area contributed by atoms with Crippen LogP contribution in [0.2, 0.25) is 0 Å². The number of unbranched alkanes of at least 4 members (excludes halogenated alkanes) is 1. The van der Waals surface area contributed by atoms with Crippen LogP contribution in [-0.4, -0.2) is 27.0 Å². The predicted molar refractivity (Wildman–Crippen MR) is 128 cm³/mol. The van der Waals surface area contributed by atoms with Crippen LogP contribution in [0.1, 0.15) is 55.2 Å². The van der Waals surface area contributed by atoms with Gasteiger partial charge in [0, 0.05) is 24.2 Å². The molecule has 0 aliphatic heterocycles. The minimum atomic E-state index is -0.664. The largest absolute Gasteiger partial charge is 0.383 e. The van der Waals surface area contributed by atoms with Gasteiger partial charge in [-0.25, -0.2) is 4.79 Å². The maximum Gasteiger partial charge on any atom is 0.330 e. The lowest BCUT2D eigenvalue weighted by Gasteiger charge is -2.25. The summed E-state index contributed by atoms with van der Waals surface area (Å²) in [6, 6.07) is 7.48. The monoisotopic (exact) mass is 437 g/mol. The smallest absolute Gasteiger partial charge is 0.330 e. The highest BCUT2D eigenvalue weighted by Crippen LogP contribution is 2.25. The number of fused-ring (bicyclic) bond motifs is 1. The molecule has 0 spiro atoms. The normalized spacial score (nSPS) is 11.3. The molecule has 170 valence electrons. The first-order valence-electron chi connectivity index (χ1n) is 11.0. The van der Waals surface area contributed by atoms with Gasteiger partial charge in [-0.2, -0.15) is 0 Å². The van der Waals surface area contributed by atoms with E-state index in [1.165, 1.54) is 9.47 Å². The van der Waals surface area contributed by atoms with Gasteiger partial charge in [-0.05, 0) is 44.4 Å². The van der Waals surface area contributed by atoms with Gasteiger partial charge in [0.15, 0.2) is 5.69 Å². The molecule has 0 aliphatic carbocycles. The maximum absolute atomic E-state index is 13.9. The Kier molecular flexibility index (Phi) is 6.81. The van der Waals surface area contributed by atoms with Crippen LogP contribution in [0.25, 0.3) is 10.9 Å². The standard InChI is InChI=1S/C24H31N5O3/c1-6-7-10-28(20-21(25)29(13-14(2)3)24(32)27-22(20)30)23(31)18-12-16(5)26-19-9-8-15(4)11-17(18)19/h8-9,11-12,14H,6-7,10,13,25H2,1-5H3,(H,27,30,32). The lowest BCUT2D eigenvalue weighted by Crippen LogP contribution is -2.42. The van der Waals surface area contributed by atoms with Crippen molar-refractivity contribution in [3.8, 4) is 0 Å². The van der Waals surface area contributed by atoms with Crippen LogP contribution in [0.4, 0.5) is 11.5 Å². The first-order valence-corrected chi connectivity index (χ1v) is 11.0. The fraction of sp³-hybridized carbons (Fsp3) is 0.417. The molecule has 0 atom stereocenters. The molecule has 2 heterocycles. The van der Waals surface area contributed by atoms with Gasteiger partial charge in [-0.15, -0.1) is 0 Å². The summed E-state index contributed by atoms with van der Waals surface area (Å²) in [5.74, 6) is -0.210. The number of aromatic amines is 1. The van der Waals surface area contributed by atoms with Crippen molar-refractivity contribution in [2.75, 3.05) is 17.2 Å². The van der Waals surface area contributed by atoms with Gasteiger partial charge >= 0.3 is 5.69 Å². The molecule has 1 aromatic carbocycles. The third-order valence-electron chi connectivity index (χ3n) is 5.33. The van der Waals surface area contributed by atoms with E-state index >= 15 is 0 Å². The third kappa shape index (κ3) is 4.59. The summed E-state index contributed by atoms with van der Waals surface area (Å²) in [4.78, 5) is 47.4. The Bertz CT molecular complexity index is 1270. The number of nitrogens with zero attached hydrogens (tertiary/aromatic N) is 3. The predicted octanol–water partition coefficient (Wildman–Crippen LogP) is 3.39. The topological polar surface area (TPSA) is 114 Å². The van der Waals surface area contributed by atoms with Crippen LogP contribution in [0.15, 0.2) is 33.9 Å². The molecule has 3 N–H and O–H groups in total. The van der Waals surface area contributed by atoms with E-state index in [0.29, 0.717) is 41.7 Å². The molecule has 0 bridgehead atoms. The summed E-state index contributed by atoms with van der Waals surface area (Å²) < 4.78 is 1.33. The summed E-state index contributed by atoms with van der Waals surface area (Å²) in [5.41, 5.74) is 7.96. The lowest BCUT2D eigenvalue weighted by atomic mass is 10.0. The molecule has 8 heteroatoms. The third-order valence-corrected chi connectivity index (χ3v) is 5.33. The quantitative estimate of drug-likeness (QED) is 0.588. The molecule has 2 aromatic heterocycles. The number of benzene rings is 1. The second kappa shape index (κ2) is 9.38. The number of aryl methyl sites for hydroxylation is 2. The Morgan fingerprint density at radius 1 is 1.22 bits per heavy atom. The molecule has 3 aromatic rings. The average molecular weight is 438 g/mol. The number of aromatic nitrogens is 3. The number of anilines is 2. The number of pyridine rings is 1. The van der Waals surface area contributed by atoms with E-state index < -0.39 is 11.2 Å². The molecule has 0 unspecified atom stereocenters. The van der Waals surface area contributed by atoms with Gasteiger partial charge in [0.1, 0.15) is 5.82 Å². The molecule has 32 heavy (non-hydrogen) atoms. The number of hydrogen-bond donors (Lipinski definition) is 2. The maximum atomic E-state index is 13.9. The van der Waals surface area contributed by atoms with Gasteiger partial charge in [0.05, 0.1) is 11.1 Å². The molecule has 8 nitrogen and oxygen atoms in total. The van der Waals surface area contributed by atoms with E-state index in [2.05, 4.69) is 9.97 Å². The van der Waals surface area contributed by atoms with E-state index in [9.17, 15) is 14.4 Å². The molecule has 3 rings (SSSR count). The number of hydrogen-bond acceptors (Lipinski definition) is 5. The van der Waals surface area contributed by atoms with Crippen molar-refractivity contribution in [1.82, 2.24) is 14.5 Å². The van der Waals surface area contributed by atoms with E-state index in [0.717, 1.165) is 12.0 Å². The minimum Gasteiger partial charge on any atom is -0.383 e. The molecule has 0 fully saturated rings. The highest BCUT2D eigenvalue weighted by Gasteiger charge is 2.26. The molecular weight excluding hydrogens is 406 g/mol. The summed E-state index contributed by atoms with van der Waals surface area (Å²) in [6.45, 7) is 10.3. The Labute approximate surface area is 187 Å². The van der Waals surface area contributed by atoms with Gasteiger partial charge < -0.3 is 10.6 Å². The summed E-state index contributed by atoms with van der Waals surface area (Å²) >= 11 is 0. The van der Waals surface area contributed by atoms with Gasteiger partial charge in [-0.1, -0.05) is 38.8 Å². The number of carbonyl (C=O) groups is 1. The highest BCUT2D eigenvalue weighted by molar-refractivity contribution is 6.14. The molecule has 0 radical (unpaired) electrons. The van der Waals surface area contributed by atoms with E-state index in [4.69, 9.17) is 5.73 Å². The zero-order chi connectivity index (χ0) is 23.6. The van der Waals surface area contributed by atoms with Crippen molar-refractivity contribution in [3.05, 3.63) is 61.9 Å². The first kappa shape index (κ1) is 23.2. The SMILES string of the molecule is CCCCN(C(=O)c1cc(C)nc2ccc(C)cc12)c1c(N)n(CC(C)C)c(=O)[nH]c1=O. The van der Waals surface area contributed by atoms with Crippen LogP contribution in [0.3, 0.4) is 0 Å². The fourth-order valence-corrected chi connectivity index (χ4v) is 3.81. The van der Waals surface area contributed by atoms with E-state index in [1.807, 2.05) is 52.8 Å². The Morgan fingerprint density at radius 3 is 2.59 bits per heavy atom. The number of rotatable bonds is 7. The van der Waals surface area contributed by atoms with Gasteiger partial charge in [-0.3, -0.25) is 24.1 Å². The molecule has 0 saturated carbocycles. The van der Waals surface area contributed by atoms with Crippen molar-refractivity contribution in [1.29, 1.82) is 0 Å². The number of nitrogens with two attached hydrogens (primary N) is 1. The van der Waals surface area contributed by atoms with Crippen LogP contribution in [0, 0.1) is 19.8 Å². The van der Waals surface area contributed by atoms with Crippen LogP contribution >= 0.6 is 0 Å². The zero-order valence-electron chi connectivity index (χ0n) is 19.4. The number of amides is 1. The fourth-order valence-electron chi connectivity index (χ4n) is 3.81. The Morgan fingerprint density at radius 2 is 1.94 bits per heavy atom. The summed E-state index contributed by atoms with van der Waals surface area (Å²) in [6.07, 6.45) is 1.50. The van der Waals surface area contributed by atoms with Crippen molar-refractivity contribution >= 4 is 28.3 Å². The lowest BCUT2D eigenvalue weighted by molar-refractivity contribution is 0.0987. The molecule has 0 saturated heterocycles. The molecule has 1 amide bonds. The second-order valence-electron chi connectivity index (χ2n) is 8.64. The first-order chi connectivity index (χ1) is 15.1. The van der Waals surface area contributed by atoms with Crippen molar-refractivity contribution in [3.63, 3.8) is 0 Å². The van der Waals surface area contributed by atoms with E-state index in [1.54, 1.807) is 6.07 Å². The highest BCUT2D eigenvalue weighted by atomic mass is 16.2. The van der Waals surface area contributed by atoms with Gasteiger partial charge in [0.2, 0.25) is 0 Å². The Hall–Kier alpha value is -3.42. The number of H-pyrrole nitrogens is 1.